The molecule has 14 heavy (non-hydrogen) atoms. The van der Waals surface area contributed by atoms with Crippen molar-refractivity contribution in [1.82, 2.24) is 4.98 Å². The molecule has 0 N–H and O–H groups in total. The van der Waals surface area contributed by atoms with Crippen LogP contribution >= 0.6 is 0 Å². The van der Waals surface area contributed by atoms with Crippen LogP contribution in [0.1, 0.15) is 12.5 Å². The molecule has 2 rings (SSSR count). The summed E-state index contributed by atoms with van der Waals surface area (Å²) in [5.74, 6) is 0.910. The molecule has 0 saturated heterocycles. The molecule has 0 aliphatic carbocycles. The summed E-state index contributed by atoms with van der Waals surface area (Å²) in [5.41, 5.74) is 1.29. The number of hydrogen-bond donors (Lipinski definition) is 0. The van der Waals surface area contributed by atoms with Crippen LogP contribution in [0.25, 0.3) is 10.8 Å². The largest absolute Gasteiger partial charge is 0.496 e. The average Bonchev–Trinajstić information content (AvgIpc) is 2.27. The normalized spacial score (nSPS) is 10.4. The van der Waals surface area contributed by atoms with E-state index in [1.807, 2.05) is 12.3 Å². The zero-order valence-electron chi connectivity index (χ0n) is 8.45. The molecular weight excluding hydrogens is 174 g/mol. The van der Waals surface area contributed by atoms with Crippen LogP contribution < -0.4 is 4.74 Å². The van der Waals surface area contributed by atoms with Gasteiger partial charge in [-0.3, -0.25) is 4.98 Å². The third kappa shape index (κ3) is 1.43. The van der Waals surface area contributed by atoms with Gasteiger partial charge in [-0.1, -0.05) is 13.0 Å². The summed E-state index contributed by atoms with van der Waals surface area (Å²) in [4.78, 5) is 4.10. The predicted molar refractivity (Wildman–Crippen MR) is 57.7 cm³/mol. The van der Waals surface area contributed by atoms with Gasteiger partial charge in [0.2, 0.25) is 0 Å². The van der Waals surface area contributed by atoms with Crippen molar-refractivity contribution in [3.05, 3.63) is 36.2 Å². The Balaban J connectivity index is 2.73. The van der Waals surface area contributed by atoms with Crippen LogP contribution in [0.15, 0.2) is 30.6 Å². The second kappa shape index (κ2) is 3.66. The van der Waals surface area contributed by atoms with Gasteiger partial charge in [-0.25, -0.2) is 0 Å². The van der Waals surface area contributed by atoms with E-state index in [-0.39, 0.29) is 0 Å². The van der Waals surface area contributed by atoms with Crippen LogP contribution in [-0.2, 0) is 6.42 Å². The number of benzene rings is 1. The molecular formula is C12H13NO. The highest BCUT2D eigenvalue weighted by Gasteiger charge is 2.02. The Hall–Kier alpha value is -1.57. The molecule has 0 atom stereocenters. The Morgan fingerprint density at radius 1 is 1.36 bits per heavy atom. The molecule has 2 aromatic rings. The molecule has 0 unspecified atom stereocenters. The van der Waals surface area contributed by atoms with E-state index in [2.05, 4.69) is 24.0 Å². The Morgan fingerprint density at radius 2 is 2.21 bits per heavy atom. The van der Waals surface area contributed by atoms with E-state index in [0.29, 0.717) is 0 Å². The third-order valence-corrected chi connectivity index (χ3v) is 2.41. The Morgan fingerprint density at radius 3 is 2.93 bits per heavy atom. The summed E-state index contributed by atoms with van der Waals surface area (Å²) in [5, 5.41) is 2.27. The second-order valence-corrected chi connectivity index (χ2v) is 3.25. The fourth-order valence-electron chi connectivity index (χ4n) is 1.60. The number of aryl methyl sites for hydroxylation is 1. The van der Waals surface area contributed by atoms with Gasteiger partial charge in [0, 0.05) is 17.8 Å². The van der Waals surface area contributed by atoms with Crippen molar-refractivity contribution in [2.75, 3.05) is 7.11 Å². The van der Waals surface area contributed by atoms with Gasteiger partial charge in [0.15, 0.2) is 0 Å². The van der Waals surface area contributed by atoms with E-state index in [0.717, 1.165) is 17.6 Å². The first-order chi connectivity index (χ1) is 6.85. The van der Waals surface area contributed by atoms with Crippen molar-refractivity contribution in [1.29, 1.82) is 0 Å². The molecule has 0 saturated carbocycles. The molecule has 0 radical (unpaired) electrons. The maximum atomic E-state index is 5.33. The highest BCUT2D eigenvalue weighted by atomic mass is 16.5. The first kappa shape index (κ1) is 9.00. The van der Waals surface area contributed by atoms with Crippen molar-refractivity contribution < 1.29 is 4.74 Å². The number of aromatic nitrogens is 1. The van der Waals surface area contributed by atoms with E-state index in [9.17, 15) is 0 Å². The first-order valence-electron chi connectivity index (χ1n) is 4.75. The van der Waals surface area contributed by atoms with E-state index in [4.69, 9.17) is 4.74 Å². The number of rotatable bonds is 2. The van der Waals surface area contributed by atoms with Crippen molar-refractivity contribution >= 4 is 10.8 Å². The van der Waals surface area contributed by atoms with Crippen LogP contribution in [0.5, 0.6) is 5.75 Å². The van der Waals surface area contributed by atoms with Crippen LogP contribution in [0.4, 0.5) is 0 Å². The molecule has 2 heteroatoms. The van der Waals surface area contributed by atoms with Crippen LogP contribution in [-0.4, -0.2) is 12.1 Å². The summed E-state index contributed by atoms with van der Waals surface area (Å²) in [6, 6.07) is 6.26. The second-order valence-electron chi connectivity index (χ2n) is 3.25. The third-order valence-electron chi connectivity index (χ3n) is 2.41. The minimum absolute atomic E-state index is 0.910. The summed E-state index contributed by atoms with van der Waals surface area (Å²) in [6.45, 7) is 2.14. The standard InChI is InChI=1S/C12H13NO/c1-3-9-6-10-4-5-13-8-11(10)12(7-9)14-2/h4-8H,3H2,1-2H3. The van der Waals surface area contributed by atoms with Crippen molar-refractivity contribution in [2.24, 2.45) is 0 Å². The van der Waals surface area contributed by atoms with Crippen LogP contribution in [0, 0.1) is 0 Å². The number of ether oxygens (including phenoxy) is 1. The lowest BCUT2D eigenvalue weighted by molar-refractivity contribution is 0.419. The molecule has 1 heterocycles. The molecule has 0 fully saturated rings. The maximum Gasteiger partial charge on any atom is 0.128 e. The first-order valence-corrected chi connectivity index (χ1v) is 4.75. The predicted octanol–water partition coefficient (Wildman–Crippen LogP) is 2.81. The van der Waals surface area contributed by atoms with E-state index in [1.54, 1.807) is 13.3 Å². The minimum Gasteiger partial charge on any atom is -0.496 e. The Kier molecular flexibility index (Phi) is 2.35. The lowest BCUT2D eigenvalue weighted by atomic mass is 10.1. The number of pyridine rings is 1. The SMILES string of the molecule is CCc1cc(OC)c2cnccc2c1. The number of hydrogen-bond acceptors (Lipinski definition) is 2. The van der Waals surface area contributed by atoms with E-state index >= 15 is 0 Å². The molecule has 0 aliphatic heterocycles. The molecule has 72 valence electrons. The number of methoxy groups -OCH3 is 1. The average molecular weight is 187 g/mol. The van der Waals surface area contributed by atoms with Gasteiger partial charge in [0.25, 0.3) is 0 Å². The molecule has 0 amide bonds. The van der Waals surface area contributed by atoms with E-state index in [1.165, 1.54) is 10.9 Å². The summed E-state index contributed by atoms with van der Waals surface area (Å²) < 4.78 is 5.33. The Labute approximate surface area is 83.5 Å². The fraction of sp³-hybridized carbons (Fsp3) is 0.250. The zero-order valence-corrected chi connectivity index (χ0v) is 8.45. The maximum absolute atomic E-state index is 5.33. The number of fused-ring (bicyclic) bond motifs is 1. The van der Waals surface area contributed by atoms with Gasteiger partial charge < -0.3 is 4.74 Å². The molecule has 0 bridgehead atoms. The molecule has 0 aliphatic rings. The van der Waals surface area contributed by atoms with Crippen molar-refractivity contribution in [2.45, 2.75) is 13.3 Å². The smallest absolute Gasteiger partial charge is 0.128 e. The zero-order chi connectivity index (χ0) is 9.97. The molecule has 1 aromatic heterocycles. The quantitative estimate of drug-likeness (QED) is 0.721. The lowest BCUT2D eigenvalue weighted by Crippen LogP contribution is -1.89. The summed E-state index contributed by atoms with van der Waals surface area (Å²) >= 11 is 0. The van der Waals surface area contributed by atoms with Crippen molar-refractivity contribution in [3.63, 3.8) is 0 Å². The number of nitrogens with zero attached hydrogens (tertiary/aromatic N) is 1. The van der Waals surface area contributed by atoms with Crippen LogP contribution in [0.2, 0.25) is 0 Å². The highest BCUT2D eigenvalue weighted by Crippen LogP contribution is 2.26. The monoisotopic (exact) mass is 187 g/mol. The topological polar surface area (TPSA) is 22.1 Å². The molecule has 0 spiro atoms. The lowest BCUT2D eigenvalue weighted by Gasteiger charge is -2.07. The van der Waals surface area contributed by atoms with Gasteiger partial charge in [-0.15, -0.1) is 0 Å². The van der Waals surface area contributed by atoms with Crippen LogP contribution in [0.3, 0.4) is 0 Å². The summed E-state index contributed by atoms with van der Waals surface area (Å²) in [6.07, 6.45) is 4.67. The van der Waals surface area contributed by atoms with Crippen molar-refractivity contribution in [3.8, 4) is 5.75 Å². The van der Waals surface area contributed by atoms with Gasteiger partial charge in [-0.2, -0.15) is 0 Å². The molecule has 1 aromatic carbocycles. The Bertz CT molecular complexity index is 451. The van der Waals surface area contributed by atoms with E-state index < -0.39 is 0 Å². The highest BCUT2D eigenvalue weighted by molar-refractivity contribution is 5.88. The van der Waals surface area contributed by atoms with Gasteiger partial charge in [0.1, 0.15) is 5.75 Å². The molecule has 2 nitrogen and oxygen atoms in total. The summed E-state index contributed by atoms with van der Waals surface area (Å²) in [7, 11) is 1.70. The fourth-order valence-corrected chi connectivity index (χ4v) is 1.60. The van der Waals surface area contributed by atoms with Gasteiger partial charge in [-0.05, 0) is 29.5 Å². The van der Waals surface area contributed by atoms with Gasteiger partial charge in [0.05, 0.1) is 7.11 Å². The minimum atomic E-state index is 0.910. The van der Waals surface area contributed by atoms with Gasteiger partial charge >= 0.3 is 0 Å².